The van der Waals surface area contributed by atoms with Crippen molar-refractivity contribution >= 4 is 64.8 Å². The summed E-state index contributed by atoms with van der Waals surface area (Å²) in [6.07, 6.45) is 0.366. The van der Waals surface area contributed by atoms with E-state index in [1.54, 1.807) is 45.0 Å². The molecule has 4 aliphatic heterocycles. The monoisotopic (exact) mass is 1240 g/mol. The second-order valence-electron chi connectivity index (χ2n) is 22.1. The Bertz CT molecular complexity index is 3250. The highest BCUT2D eigenvalue weighted by atomic mass is 16.6. The number of nitrogens with zero attached hydrogens (tertiary/aromatic N) is 4. The zero-order valence-electron chi connectivity index (χ0n) is 51.9. The molecule has 0 aromatic heterocycles. The molecule has 4 aliphatic rings. The van der Waals surface area contributed by atoms with Crippen LogP contribution in [0.25, 0.3) is 0 Å². The van der Waals surface area contributed by atoms with Gasteiger partial charge in [0.1, 0.15) is 28.6 Å². The van der Waals surface area contributed by atoms with E-state index in [-0.39, 0.29) is 177 Å². The van der Waals surface area contributed by atoms with Crippen LogP contribution in [-0.2, 0) is 4.74 Å². The van der Waals surface area contributed by atoms with Gasteiger partial charge in [-0.15, -0.1) is 0 Å². The second-order valence-corrected chi connectivity index (χ2v) is 22.1. The number of carbonyl (C=O) groups excluding carboxylic acids is 9. The molecule has 0 fully saturated rings. The first-order chi connectivity index (χ1) is 43.3. The second kappa shape index (κ2) is 33.1. The minimum absolute atomic E-state index is 0.00596. The molecule has 482 valence electrons. The minimum Gasteiger partial charge on any atom is -0.495 e. The molecule has 0 radical (unpaired) electrons. The van der Waals surface area contributed by atoms with Crippen molar-refractivity contribution in [3.05, 3.63) is 117 Å². The molecule has 4 aromatic carbocycles. The highest BCUT2D eigenvalue weighted by Gasteiger charge is 2.29. The van der Waals surface area contributed by atoms with E-state index in [9.17, 15) is 43.2 Å². The zero-order valence-corrected chi connectivity index (χ0v) is 51.9. The van der Waals surface area contributed by atoms with Crippen molar-refractivity contribution in [2.24, 2.45) is 9.98 Å². The van der Waals surface area contributed by atoms with Crippen molar-refractivity contribution < 1.29 is 66.8 Å². The van der Waals surface area contributed by atoms with Crippen LogP contribution in [0.5, 0.6) is 23.0 Å². The Hall–Kier alpha value is -9.63. The normalized spacial score (nSPS) is 19.1. The lowest BCUT2D eigenvalue weighted by Crippen LogP contribution is -2.46. The number of alkyl carbamates (subject to hydrolysis) is 1. The summed E-state index contributed by atoms with van der Waals surface area (Å²) in [5.41, 5.74) is 0.187. The summed E-state index contributed by atoms with van der Waals surface area (Å²) >= 11 is 0. The van der Waals surface area contributed by atoms with Gasteiger partial charge in [0, 0.05) is 72.0 Å². The van der Waals surface area contributed by atoms with Crippen LogP contribution in [0.1, 0.15) is 123 Å². The fraction of sp³-hybridized carbons (Fsp3) is 0.444. The predicted molar refractivity (Wildman–Crippen MR) is 335 cm³/mol. The largest absolute Gasteiger partial charge is 0.495 e. The zero-order chi connectivity index (χ0) is 64.7. The maximum atomic E-state index is 14.8. The molecule has 0 aliphatic carbocycles. The number of hydrogen-bond acceptors (Lipinski definition) is 18. The maximum absolute atomic E-state index is 14.8. The Kier molecular flexibility index (Phi) is 25.0. The average Bonchev–Trinajstić information content (AvgIpc) is 1.20. The molecule has 0 spiro atoms. The Morgan fingerprint density at radius 3 is 1.16 bits per heavy atom. The fourth-order valence-electron chi connectivity index (χ4n) is 10.3. The highest BCUT2D eigenvalue weighted by Crippen LogP contribution is 2.28. The molecule has 9 amide bonds. The lowest BCUT2D eigenvalue weighted by atomic mass is 10.0. The van der Waals surface area contributed by atoms with Gasteiger partial charge in [-0.05, 0) is 88.6 Å². The molecule has 4 heterocycles. The molecule has 2 atom stereocenters. The average molecular weight is 1240 g/mol. The van der Waals surface area contributed by atoms with Crippen molar-refractivity contribution in [3.63, 3.8) is 0 Å². The topological polar surface area (TPSA) is 339 Å². The number of ether oxygens (including phenoxy) is 5. The lowest BCUT2D eigenvalue weighted by molar-refractivity contribution is 0.0525. The van der Waals surface area contributed by atoms with Gasteiger partial charge in [0.2, 0.25) is 0 Å². The molecule has 27 nitrogen and oxygen atoms in total. The van der Waals surface area contributed by atoms with Gasteiger partial charge in [0.25, 0.3) is 47.3 Å². The summed E-state index contributed by atoms with van der Waals surface area (Å²) in [5, 5.41) is 26.3. The van der Waals surface area contributed by atoms with Gasteiger partial charge in [0.15, 0.2) is 0 Å². The Morgan fingerprint density at radius 1 is 0.467 bits per heavy atom. The van der Waals surface area contributed by atoms with E-state index in [4.69, 9.17) is 33.7 Å². The summed E-state index contributed by atoms with van der Waals surface area (Å²) in [7, 11) is 5.38. The summed E-state index contributed by atoms with van der Waals surface area (Å²) in [6.45, 7) is 6.47. The van der Waals surface area contributed by atoms with Crippen LogP contribution < -0.4 is 66.8 Å². The molecule has 8 rings (SSSR count). The van der Waals surface area contributed by atoms with E-state index in [1.165, 1.54) is 77.0 Å². The summed E-state index contributed by atoms with van der Waals surface area (Å²) in [5.74, 6) is -4.68. The van der Waals surface area contributed by atoms with Gasteiger partial charge in [-0.1, -0.05) is 24.3 Å². The van der Waals surface area contributed by atoms with E-state index < -0.39 is 65.0 Å². The molecule has 90 heavy (non-hydrogen) atoms. The molecular weight excluding hydrogens is 1160 g/mol. The van der Waals surface area contributed by atoms with Gasteiger partial charge >= 0.3 is 6.09 Å². The SMILES string of the molecule is COc1c2cccc1C(=O)NCC1=NCCN=C3CNC(=O)c4cccc(c4OC)C(=O)NCCN(CCNC(=O)c4cccc(c4OC)C(=O)NC3CCCCNC(=O)OC(C)(C)C)CCN(CCNC2=O)CCNC(=O)c2cccc(c2OC)C(=O)NC1. The van der Waals surface area contributed by atoms with E-state index in [0.29, 0.717) is 25.9 Å². The van der Waals surface area contributed by atoms with Crippen molar-refractivity contribution in [1.29, 1.82) is 0 Å². The third kappa shape index (κ3) is 18.7. The molecule has 0 saturated heterocycles. The van der Waals surface area contributed by atoms with Gasteiger partial charge in [-0.3, -0.25) is 58.1 Å². The Morgan fingerprint density at radius 2 is 0.800 bits per heavy atom. The van der Waals surface area contributed by atoms with Crippen LogP contribution in [0.4, 0.5) is 4.79 Å². The number of unbranched alkanes of at least 4 members (excludes halogenated alkanes) is 1. The van der Waals surface area contributed by atoms with Crippen LogP contribution in [0.15, 0.2) is 82.8 Å². The maximum Gasteiger partial charge on any atom is 0.407 e. The Balaban J connectivity index is 1.39. The standard InChI is InChI=1S/C63H81N13O14/c1-63(2,3)90-62(85)70-23-9-8-22-48-49-38-73-60(83)46-20-12-16-42(52(46)88-6)56(79)68-28-32-76(33-29-69-57(80)43-17-13-21-47(53(43)89-7)61(84)74-48)35-34-75-30-26-66-54(77)40-14-10-18-44(50(40)86-4)58(81)71-36-39(64-24-25-65-49)37-72-59(82)45-19-11-15-41(51(45)87-5)55(78)67-27-31-75/h10-21,48H,8-9,22-38H2,1-7H3,(H,66,77)(H,67,78)(H,68,79)(H,69,80)(H,70,85)(H,71,81)(H,72,82)(H,73,83)(H,74,84). The molecule has 27 heteroatoms. The van der Waals surface area contributed by atoms with Crippen molar-refractivity contribution in [1.82, 2.24) is 57.7 Å². The van der Waals surface area contributed by atoms with Crippen LogP contribution in [0.3, 0.4) is 0 Å². The van der Waals surface area contributed by atoms with E-state index in [0.717, 1.165) is 0 Å². The quantitative estimate of drug-likeness (QED) is 0.109. The first kappa shape index (κ1) is 67.9. The third-order valence-electron chi connectivity index (χ3n) is 14.8. The molecular formula is C63H81N13O14. The van der Waals surface area contributed by atoms with E-state index >= 15 is 0 Å². The van der Waals surface area contributed by atoms with Gasteiger partial charge in [-0.25, -0.2) is 4.79 Å². The van der Waals surface area contributed by atoms with Gasteiger partial charge in [-0.2, -0.15) is 0 Å². The lowest BCUT2D eigenvalue weighted by Gasteiger charge is -2.28. The Labute approximate surface area is 522 Å². The first-order valence-electron chi connectivity index (χ1n) is 29.8. The van der Waals surface area contributed by atoms with Gasteiger partial charge < -0.3 is 71.5 Å². The number of aliphatic imine (C=N–C) groups is 2. The smallest absolute Gasteiger partial charge is 0.407 e. The van der Waals surface area contributed by atoms with Crippen LogP contribution in [-0.4, -0.2) is 219 Å². The van der Waals surface area contributed by atoms with E-state index in [2.05, 4.69) is 47.9 Å². The molecule has 12 bridgehead atoms. The number of methoxy groups -OCH3 is 4. The number of fused-ring (bicyclic) bond motifs is 16. The summed E-state index contributed by atoms with van der Waals surface area (Å²) in [6, 6.07) is 17.4. The van der Waals surface area contributed by atoms with Crippen LogP contribution in [0, 0.1) is 0 Å². The fourth-order valence-corrected chi connectivity index (χ4v) is 10.3. The highest BCUT2D eigenvalue weighted by molar-refractivity contribution is 6.09. The summed E-state index contributed by atoms with van der Waals surface area (Å²) < 4.78 is 28.4. The predicted octanol–water partition coefficient (Wildman–Crippen LogP) is 2.25. The molecule has 9 N–H and O–H groups in total. The number of nitrogens with one attached hydrogen (secondary N) is 9. The van der Waals surface area contributed by atoms with Gasteiger partial charge in [0.05, 0.1) is 123 Å². The van der Waals surface area contributed by atoms with Crippen molar-refractivity contribution in [3.8, 4) is 23.0 Å². The molecule has 2 unspecified atom stereocenters. The number of amides is 9. The minimum atomic E-state index is -0.955. The number of hydrogen-bond donors (Lipinski definition) is 9. The van der Waals surface area contributed by atoms with Crippen LogP contribution in [0.2, 0.25) is 0 Å². The van der Waals surface area contributed by atoms with E-state index in [1.807, 2.05) is 9.80 Å². The van der Waals surface area contributed by atoms with Crippen molar-refractivity contribution in [2.75, 3.05) is 133 Å². The first-order valence-corrected chi connectivity index (χ1v) is 29.8. The molecule has 0 saturated carbocycles. The third-order valence-corrected chi connectivity index (χ3v) is 14.8. The number of carbonyl (C=O) groups is 9. The number of benzene rings is 4. The number of rotatable bonds is 9. The number of para-hydroxylation sites is 4. The summed E-state index contributed by atoms with van der Waals surface area (Å²) in [4.78, 5) is 141. The molecule has 4 aromatic rings. The van der Waals surface area contributed by atoms with Crippen LogP contribution >= 0.6 is 0 Å². The van der Waals surface area contributed by atoms with Crippen molar-refractivity contribution in [2.45, 2.75) is 51.7 Å².